The van der Waals surface area contributed by atoms with Crippen molar-refractivity contribution in [2.24, 2.45) is 0 Å². The Hall–Kier alpha value is -0.330. The minimum atomic E-state index is -4.92. The molecule has 0 unspecified atom stereocenters. The van der Waals surface area contributed by atoms with E-state index in [1.807, 2.05) is 0 Å². The molecule has 0 aromatic rings. The third-order valence-corrected chi connectivity index (χ3v) is 0.132. The van der Waals surface area contributed by atoms with Crippen molar-refractivity contribution < 1.29 is 28.4 Å². The largest absolute Gasteiger partial charge is 0.551 e. The summed E-state index contributed by atoms with van der Waals surface area (Å²) in [4.78, 5) is 2.28. The highest BCUT2D eigenvalue weighted by atomic mass is 19.4. The molecule has 0 fully saturated rings. The normalized spacial score (nSPS) is 12.0. The first kappa shape index (κ1) is 6.67. The van der Waals surface area contributed by atoms with Gasteiger partial charge in [-0.3, -0.25) is 0 Å². The van der Waals surface area contributed by atoms with E-state index in [0.717, 1.165) is 0 Å². The van der Waals surface area contributed by atoms with E-state index in [1.165, 1.54) is 0 Å². The summed E-state index contributed by atoms with van der Waals surface area (Å²) in [5, 5.41) is 9.24. The van der Waals surface area contributed by atoms with Crippen molar-refractivity contribution >= 4 is 0 Å². The van der Waals surface area contributed by atoms with Crippen molar-refractivity contribution in [1.29, 1.82) is 0 Å². The number of rotatable bonds is 1. The Morgan fingerprint density at radius 1 is 1.29 bits per heavy atom. The van der Waals surface area contributed by atoms with Gasteiger partial charge in [-0.05, 0) is 0 Å². The molecule has 0 amide bonds. The van der Waals surface area contributed by atoms with Gasteiger partial charge in [0.05, 0.1) is 0 Å². The van der Waals surface area contributed by atoms with Crippen LogP contribution in [0.2, 0.25) is 0 Å². The molecule has 0 aliphatic heterocycles. The van der Waals surface area contributed by atoms with Gasteiger partial charge in [0.15, 0.2) is 0 Å². The summed E-state index contributed by atoms with van der Waals surface area (Å²) in [6, 6.07) is 0. The van der Waals surface area contributed by atoms with Crippen molar-refractivity contribution in [3.05, 3.63) is 0 Å². The monoisotopic (exact) mass is 118 g/mol. The van der Waals surface area contributed by atoms with Crippen LogP contribution in [0.3, 0.4) is 0 Å². The van der Waals surface area contributed by atoms with Crippen LogP contribution in [0.25, 0.3) is 0 Å². The molecule has 0 heterocycles. The average molecular weight is 118 g/mol. The highest BCUT2D eigenvalue weighted by Gasteiger charge is 2.31. The van der Waals surface area contributed by atoms with Crippen molar-refractivity contribution in [2.75, 3.05) is 0 Å². The molecule has 0 aromatic heterocycles. The Kier molecular flexibility index (Phi) is 2.00. The molecular weight excluding hydrogens is 117 g/mol. The second kappa shape index (κ2) is 2.10. The Labute approximate surface area is 36.1 Å². The lowest BCUT2D eigenvalue weighted by Crippen LogP contribution is -2.11. The topological polar surface area (TPSA) is 38.7 Å². The first-order valence-electron chi connectivity index (χ1n) is 1.12. The van der Waals surface area contributed by atoms with Crippen LogP contribution < -0.4 is 0 Å². The molecule has 1 N–H and O–H groups in total. The molecule has 0 spiro atoms. The first-order valence-corrected chi connectivity index (χ1v) is 1.12. The van der Waals surface area contributed by atoms with Crippen LogP contribution in [0, 0.1) is 0 Å². The zero-order chi connectivity index (χ0) is 5.91. The van der Waals surface area contributed by atoms with Gasteiger partial charge in [0.25, 0.3) is 0 Å². The van der Waals surface area contributed by atoms with E-state index < -0.39 is 6.36 Å². The SMILES string of the molecule is OOOC(F)(F)F. The number of hydrogen-bond acceptors (Lipinski definition) is 3. The molecule has 0 bridgehead atoms. The highest BCUT2D eigenvalue weighted by Crippen LogP contribution is 2.14. The predicted octanol–water partition coefficient (Wildman–Crippen LogP) is 0.927. The standard InChI is InChI=1S/CHF3O3/c2-1(3,4)6-7-5/h5H. The molecule has 6 heteroatoms. The smallest absolute Gasteiger partial charge is 0.221 e. The van der Waals surface area contributed by atoms with Gasteiger partial charge in [0.1, 0.15) is 0 Å². The maximum Gasteiger partial charge on any atom is 0.551 e. The summed E-state index contributed by atoms with van der Waals surface area (Å²) in [5.41, 5.74) is 0. The molecule has 0 atom stereocenters. The van der Waals surface area contributed by atoms with Crippen LogP contribution in [0.15, 0.2) is 0 Å². The van der Waals surface area contributed by atoms with Crippen molar-refractivity contribution in [3.63, 3.8) is 0 Å². The van der Waals surface area contributed by atoms with Gasteiger partial charge in [0, 0.05) is 0 Å². The fourth-order valence-electron chi connectivity index (χ4n) is 0.0423. The fourth-order valence-corrected chi connectivity index (χ4v) is 0.0423. The molecule has 0 aromatic carbocycles. The summed E-state index contributed by atoms with van der Waals surface area (Å²) >= 11 is 0. The summed E-state index contributed by atoms with van der Waals surface area (Å²) in [6.45, 7) is 0. The second-order valence-corrected chi connectivity index (χ2v) is 0.604. The summed E-state index contributed by atoms with van der Waals surface area (Å²) in [7, 11) is 0. The number of halogens is 3. The van der Waals surface area contributed by atoms with Crippen LogP contribution in [-0.2, 0) is 9.93 Å². The van der Waals surface area contributed by atoms with Crippen molar-refractivity contribution in [1.82, 2.24) is 0 Å². The minimum absolute atomic E-state index is 2.28. The Bertz CT molecular complexity index is 48.6. The molecule has 3 nitrogen and oxygen atoms in total. The van der Waals surface area contributed by atoms with Gasteiger partial charge in [-0.15, -0.1) is 18.1 Å². The molecule has 0 radical (unpaired) electrons. The number of hydrogen-bond donors (Lipinski definition) is 1. The van der Waals surface area contributed by atoms with E-state index in [1.54, 1.807) is 0 Å². The summed E-state index contributed by atoms with van der Waals surface area (Å²) in [6.07, 6.45) is -4.92. The predicted molar refractivity (Wildman–Crippen MR) is 10.9 cm³/mol. The van der Waals surface area contributed by atoms with Crippen LogP contribution in [0.1, 0.15) is 0 Å². The van der Waals surface area contributed by atoms with Gasteiger partial charge in [-0.25, -0.2) is 5.26 Å². The zero-order valence-corrected chi connectivity index (χ0v) is 2.90. The van der Waals surface area contributed by atoms with Crippen molar-refractivity contribution in [3.8, 4) is 0 Å². The lowest BCUT2D eigenvalue weighted by molar-refractivity contribution is -0.589. The van der Waals surface area contributed by atoms with Crippen LogP contribution in [0.4, 0.5) is 13.2 Å². The fraction of sp³-hybridized carbons (Fsp3) is 1.00. The molecule has 0 saturated heterocycles. The van der Waals surface area contributed by atoms with E-state index in [9.17, 15) is 13.2 Å². The zero-order valence-electron chi connectivity index (χ0n) is 2.90. The highest BCUT2D eigenvalue weighted by molar-refractivity contribution is 4.11. The summed E-state index contributed by atoms with van der Waals surface area (Å²) in [5.74, 6) is 0. The van der Waals surface area contributed by atoms with Gasteiger partial charge in [0.2, 0.25) is 0 Å². The van der Waals surface area contributed by atoms with E-state index in [-0.39, 0.29) is 0 Å². The van der Waals surface area contributed by atoms with Gasteiger partial charge in [-0.2, -0.15) is 0 Å². The summed E-state index contributed by atoms with van der Waals surface area (Å²) < 4.78 is 31.6. The third-order valence-electron chi connectivity index (χ3n) is 0.132. The average Bonchev–Trinajstić information content (AvgIpc) is 1.30. The molecular formula is CHF3O3. The lowest BCUT2D eigenvalue weighted by Gasteiger charge is -1.97. The molecule has 0 rings (SSSR count). The van der Waals surface area contributed by atoms with Gasteiger partial charge in [-0.1, -0.05) is 5.04 Å². The molecule has 0 saturated carbocycles. The Balaban J connectivity index is 3.15. The van der Waals surface area contributed by atoms with E-state index in [2.05, 4.69) is 9.93 Å². The molecule has 7 heavy (non-hydrogen) atoms. The van der Waals surface area contributed by atoms with Gasteiger partial charge >= 0.3 is 6.36 Å². The van der Waals surface area contributed by atoms with Crippen LogP contribution in [-0.4, -0.2) is 11.6 Å². The van der Waals surface area contributed by atoms with E-state index >= 15 is 0 Å². The van der Waals surface area contributed by atoms with Crippen molar-refractivity contribution in [2.45, 2.75) is 6.36 Å². The number of alkyl halides is 3. The maximum atomic E-state index is 10.5. The Morgan fingerprint density at radius 3 is 1.71 bits per heavy atom. The van der Waals surface area contributed by atoms with Gasteiger partial charge < -0.3 is 0 Å². The van der Waals surface area contributed by atoms with E-state index in [4.69, 9.17) is 5.26 Å². The van der Waals surface area contributed by atoms with E-state index in [0.29, 0.717) is 0 Å². The van der Waals surface area contributed by atoms with Crippen LogP contribution in [0.5, 0.6) is 0 Å². The maximum absolute atomic E-state index is 10.5. The molecule has 44 valence electrons. The molecule has 0 aliphatic rings. The first-order chi connectivity index (χ1) is 3.06. The quantitative estimate of drug-likeness (QED) is 0.411. The third kappa shape index (κ3) is 5.67. The molecule has 0 aliphatic carbocycles. The van der Waals surface area contributed by atoms with Crippen LogP contribution >= 0.6 is 0 Å². The minimum Gasteiger partial charge on any atom is -0.221 e. The second-order valence-electron chi connectivity index (χ2n) is 0.604. The Morgan fingerprint density at radius 2 is 1.71 bits per heavy atom. The lowest BCUT2D eigenvalue weighted by atomic mass is 11.4.